The number of nitrogens with zero attached hydrogens (tertiary/aromatic N) is 2. The van der Waals surface area contributed by atoms with Gasteiger partial charge in [-0.2, -0.15) is 0 Å². The summed E-state index contributed by atoms with van der Waals surface area (Å²) in [6, 6.07) is 10.0. The van der Waals surface area contributed by atoms with E-state index < -0.39 is 0 Å². The van der Waals surface area contributed by atoms with E-state index in [1.807, 2.05) is 19.1 Å². The van der Waals surface area contributed by atoms with Crippen LogP contribution in [0.25, 0.3) is 5.65 Å². The Hall–Kier alpha value is -3.42. The molecular weight excluding hydrogens is 334 g/mol. The molecule has 2 amide bonds. The summed E-state index contributed by atoms with van der Waals surface area (Å²) >= 11 is 0. The van der Waals surface area contributed by atoms with Crippen molar-refractivity contribution in [1.29, 1.82) is 0 Å². The maximum Gasteiger partial charge on any atom is 0.272 e. The average molecular weight is 351 g/mol. The number of benzene rings is 1. The molecule has 4 rings (SSSR count). The molecule has 2 aromatic heterocycles. The normalized spacial score (nSPS) is 15.7. The van der Waals surface area contributed by atoms with E-state index in [0.29, 0.717) is 16.9 Å². The Bertz CT molecular complexity index is 1080. The standard InChI is InChI=1S/C18H17N5O3/c1-10-6-15-20-11(7-17(25)23(15)22-10)9-19-16(24)8-14-12-4-2-3-5-13(12)18(26)21-14/h2-7,14,22H,8-9H2,1H3,(H,19,24)(H,21,26)/t14-/m0/s1. The van der Waals surface area contributed by atoms with Crippen molar-refractivity contribution in [3.63, 3.8) is 0 Å². The highest BCUT2D eigenvalue weighted by Gasteiger charge is 2.29. The molecule has 8 nitrogen and oxygen atoms in total. The summed E-state index contributed by atoms with van der Waals surface area (Å²) in [5.41, 5.74) is 3.02. The van der Waals surface area contributed by atoms with Crippen molar-refractivity contribution in [2.45, 2.75) is 25.9 Å². The quantitative estimate of drug-likeness (QED) is 0.647. The highest BCUT2D eigenvalue weighted by molar-refractivity contribution is 5.99. The van der Waals surface area contributed by atoms with Crippen LogP contribution in [0, 0.1) is 6.92 Å². The van der Waals surface area contributed by atoms with Gasteiger partial charge in [-0.05, 0) is 18.6 Å². The molecule has 0 fully saturated rings. The van der Waals surface area contributed by atoms with Crippen LogP contribution in [0.15, 0.2) is 41.2 Å². The van der Waals surface area contributed by atoms with Crippen LogP contribution in [0.5, 0.6) is 0 Å². The monoisotopic (exact) mass is 351 g/mol. The first kappa shape index (κ1) is 16.1. The van der Waals surface area contributed by atoms with Gasteiger partial charge in [0.2, 0.25) is 5.91 Å². The van der Waals surface area contributed by atoms with Gasteiger partial charge >= 0.3 is 0 Å². The van der Waals surface area contributed by atoms with Crippen LogP contribution in [0.2, 0.25) is 0 Å². The first-order chi connectivity index (χ1) is 12.5. The van der Waals surface area contributed by atoms with Crippen molar-refractivity contribution in [2.24, 2.45) is 0 Å². The molecule has 0 saturated carbocycles. The Morgan fingerprint density at radius 1 is 1.27 bits per heavy atom. The average Bonchev–Trinajstić information content (AvgIpc) is 3.14. The maximum absolute atomic E-state index is 12.3. The number of H-pyrrole nitrogens is 1. The minimum Gasteiger partial charge on any atom is -0.350 e. The van der Waals surface area contributed by atoms with E-state index in [9.17, 15) is 14.4 Å². The molecule has 8 heteroatoms. The van der Waals surface area contributed by atoms with Gasteiger partial charge in [0.1, 0.15) is 0 Å². The minimum atomic E-state index is -0.341. The van der Waals surface area contributed by atoms with Gasteiger partial charge in [-0.25, -0.2) is 9.50 Å². The number of rotatable bonds is 4. The van der Waals surface area contributed by atoms with Crippen molar-refractivity contribution in [3.8, 4) is 0 Å². The fourth-order valence-corrected chi connectivity index (χ4v) is 3.18. The molecule has 0 bridgehead atoms. The summed E-state index contributed by atoms with van der Waals surface area (Å²) in [4.78, 5) is 40.6. The highest BCUT2D eigenvalue weighted by atomic mass is 16.2. The molecular formula is C18H17N5O3. The van der Waals surface area contributed by atoms with Gasteiger partial charge in [-0.3, -0.25) is 19.5 Å². The zero-order valence-electron chi connectivity index (χ0n) is 14.1. The van der Waals surface area contributed by atoms with Gasteiger partial charge in [0.05, 0.1) is 24.7 Å². The number of carbonyl (C=O) groups excluding carboxylic acids is 2. The predicted octanol–water partition coefficient (Wildman–Crippen LogP) is 0.822. The van der Waals surface area contributed by atoms with Crippen molar-refractivity contribution >= 4 is 17.5 Å². The molecule has 1 aromatic carbocycles. The fourth-order valence-electron chi connectivity index (χ4n) is 3.18. The molecule has 26 heavy (non-hydrogen) atoms. The smallest absolute Gasteiger partial charge is 0.272 e. The van der Waals surface area contributed by atoms with Gasteiger partial charge < -0.3 is 10.6 Å². The molecule has 0 saturated heterocycles. The Labute approximate surface area is 148 Å². The van der Waals surface area contributed by atoms with Crippen LogP contribution in [0.1, 0.15) is 39.8 Å². The van der Waals surface area contributed by atoms with Crippen LogP contribution in [0.3, 0.4) is 0 Å². The number of hydrogen-bond donors (Lipinski definition) is 3. The van der Waals surface area contributed by atoms with E-state index in [1.165, 1.54) is 10.6 Å². The molecule has 0 spiro atoms. The lowest BCUT2D eigenvalue weighted by Gasteiger charge is -2.11. The number of hydrogen-bond acceptors (Lipinski definition) is 4. The van der Waals surface area contributed by atoms with Gasteiger partial charge in [-0.1, -0.05) is 18.2 Å². The van der Waals surface area contributed by atoms with Gasteiger partial charge in [0.25, 0.3) is 11.5 Å². The molecule has 3 heterocycles. The summed E-state index contributed by atoms with van der Waals surface area (Å²) < 4.78 is 1.35. The van der Waals surface area contributed by atoms with Gasteiger partial charge in [-0.15, -0.1) is 0 Å². The molecule has 1 atom stereocenters. The van der Waals surface area contributed by atoms with Gasteiger partial charge in [0.15, 0.2) is 5.65 Å². The lowest BCUT2D eigenvalue weighted by atomic mass is 10.0. The molecule has 132 valence electrons. The molecule has 0 radical (unpaired) electrons. The van der Waals surface area contributed by atoms with E-state index in [2.05, 4.69) is 20.7 Å². The second-order valence-electron chi connectivity index (χ2n) is 6.31. The molecule has 3 N–H and O–H groups in total. The Kier molecular flexibility index (Phi) is 3.80. The third-order valence-corrected chi connectivity index (χ3v) is 4.37. The van der Waals surface area contributed by atoms with E-state index >= 15 is 0 Å². The first-order valence-electron chi connectivity index (χ1n) is 8.26. The van der Waals surface area contributed by atoms with E-state index in [1.54, 1.807) is 18.2 Å². The summed E-state index contributed by atoms with van der Waals surface area (Å²) in [6.07, 6.45) is 0.132. The zero-order chi connectivity index (χ0) is 18.3. The molecule has 1 aliphatic rings. The molecule has 0 unspecified atom stereocenters. The lowest BCUT2D eigenvalue weighted by molar-refractivity contribution is -0.121. The van der Waals surface area contributed by atoms with Crippen molar-refractivity contribution in [2.75, 3.05) is 0 Å². The Morgan fingerprint density at radius 3 is 2.92 bits per heavy atom. The Morgan fingerprint density at radius 2 is 2.08 bits per heavy atom. The number of aryl methyl sites for hydroxylation is 1. The third kappa shape index (κ3) is 2.85. The van der Waals surface area contributed by atoms with E-state index in [0.717, 1.165) is 11.3 Å². The van der Waals surface area contributed by atoms with Crippen molar-refractivity contribution in [1.82, 2.24) is 25.2 Å². The second kappa shape index (κ2) is 6.14. The number of fused-ring (bicyclic) bond motifs is 2. The van der Waals surface area contributed by atoms with Crippen LogP contribution in [-0.2, 0) is 11.3 Å². The fraction of sp³-hybridized carbons (Fsp3) is 0.222. The number of aromatic amines is 1. The molecule has 0 aliphatic carbocycles. The first-order valence-corrected chi connectivity index (χ1v) is 8.26. The topological polar surface area (TPSA) is 108 Å². The molecule has 1 aliphatic heterocycles. The van der Waals surface area contributed by atoms with Crippen molar-refractivity contribution in [3.05, 3.63) is 69.3 Å². The van der Waals surface area contributed by atoms with Gasteiger partial charge in [0, 0.05) is 23.4 Å². The van der Waals surface area contributed by atoms with Crippen LogP contribution < -0.4 is 16.2 Å². The number of nitrogens with one attached hydrogen (secondary N) is 3. The van der Waals surface area contributed by atoms with Crippen LogP contribution >= 0.6 is 0 Å². The number of amides is 2. The second-order valence-corrected chi connectivity index (χ2v) is 6.31. The van der Waals surface area contributed by atoms with Crippen LogP contribution in [0.4, 0.5) is 0 Å². The Balaban J connectivity index is 1.44. The predicted molar refractivity (Wildman–Crippen MR) is 93.7 cm³/mol. The summed E-state index contributed by atoms with van der Waals surface area (Å²) in [5.74, 6) is -0.388. The summed E-state index contributed by atoms with van der Waals surface area (Å²) in [6.45, 7) is 1.99. The largest absolute Gasteiger partial charge is 0.350 e. The van der Waals surface area contributed by atoms with E-state index in [-0.39, 0.29) is 36.4 Å². The van der Waals surface area contributed by atoms with Crippen LogP contribution in [-0.4, -0.2) is 26.4 Å². The number of aromatic nitrogens is 3. The lowest BCUT2D eigenvalue weighted by Crippen LogP contribution is -2.29. The zero-order valence-corrected chi connectivity index (χ0v) is 14.1. The van der Waals surface area contributed by atoms with E-state index in [4.69, 9.17) is 0 Å². The third-order valence-electron chi connectivity index (χ3n) is 4.37. The summed E-state index contributed by atoms with van der Waals surface area (Å²) in [7, 11) is 0. The summed E-state index contributed by atoms with van der Waals surface area (Å²) in [5, 5.41) is 8.47. The SMILES string of the molecule is Cc1cc2nc(CNC(=O)C[C@@H]3NC(=O)c4ccccc43)cc(=O)n2[nH]1. The van der Waals surface area contributed by atoms with Crippen molar-refractivity contribution < 1.29 is 9.59 Å². The minimum absolute atomic E-state index is 0.132. The molecule has 3 aromatic rings. The highest BCUT2D eigenvalue weighted by Crippen LogP contribution is 2.27. The maximum atomic E-state index is 12.3. The number of carbonyl (C=O) groups is 2.